The smallest absolute Gasteiger partial charge is 0.194 e. The second kappa shape index (κ2) is 14.5. The van der Waals surface area contributed by atoms with Gasteiger partial charge in [-0.25, -0.2) is 0 Å². The van der Waals surface area contributed by atoms with E-state index in [1.54, 1.807) is 0 Å². The number of rotatable bonds is 6. The van der Waals surface area contributed by atoms with Crippen molar-refractivity contribution in [3.05, 3.63) is 264 Å². The average Bonchev–Trinajstić information content (AvgIpc) is 3.83. The molecule has 0 fully saturated rings. The van der Waals surface area contributed by atoms with Gasteiger partial charge in [0.25, 0.3) is 0 Å². The summed E-state index contributed by atoms with van der Waals surface area (Å²) in [4.78, 5) is 2.33. The van der Waals surface area contributed by atoms with E-state index in [-0.39, 0.29) is 5.92 Å². The first kappa shape index (κ1) is 36.5. The molecule has 9 aromatic carbocycles. The Labute approximate surface area is 373 Å². The molecule has 0 aromatic heterocycles. The van der Waals surface area contributed by atoms with Crippen LogP contribution in [0.25, 0.3) is 44.5 Å². The van der Waals surface area contributed by atoms with E-state index in [2.05, 4.69) is 229 Å². The van der Waals surface area contributed by atoms with Crippen LogP contribution in [0.4, 0.5) is 11.4 Å². The van der Waals surface area contributed by atoms with Gasteiger partial charge in [-0.05, 0) is 121 Å². The topological polar surface area (TPSA) is 21.7 Å². The normalized spacial score (nSPS) is 15.4. The standard InChI is InChI=1S/C61H41NO2/c1-3-16-40(17-4-1)41-30-34-44(35-31-41)62(45-36-32-43(33-37-45)47-21-8-7-20-46(47)42-18-5-2-6-19-42)56-28-15-29-57-60(56)64-59-39-55-51(38-58(59)63-57)50-24-11-14-27-54(50)61(55)52-25-12-9-22-48(52)49-23-10-13-26-53(49)61/h1-32,34-39,43H,33H2. The number of para-hydroxylation sites is 1. The molecule has 9 aromatic rings. The third-order valence-corrected chi connectivity index (χ3v) is 13.7. The molecule has 302 valence electrons. The van der Waals surface area contributed by atoms with Crippen LogP contribution >= 0.6 is 0 Å². The van der Waals surface area contributed by atoms with E-state index >= 15 is 0 Å². The number of ether oxygens (including phenoxy) is 2. The van der Waals surface area contributed by atoms with Gasteiger partial charge >= 0.3 is 0 Å². The maximum absolute atomic E-state index is 7.23. The number of hydrogen-bond donors (Lipinski definition) is 0. The Morgan fingerprint density at radius 1 is 0.422 bits per heavy atom. The van der Waals surface area contributed by atoms with Crippen LogP contribution in [0.5, 0.6) is 23.0 Å². The molecular weight excluding hydrogens is 779 g/mol. The van der Waals surface area contributed by atoms with Crippen LogP contribution in [0, 0.1) is 0 Å². The quantitative estimate of drug-likeness (QED) is 0.167. The van der Waals surface area contributed by atoms with Crippen molar-refractivity contribution in [2.24, 2.45) is 0 Å². The fourth-order valence-corrected chi connectivity index (χ4v) is 10.9. The summed E-state index contributed by atoms with van der Waals surface area (Å²) < 4.78 is 14.2. The number of nitrogens with zero attached hydrogens (tertiary/aromatic N) is 1. The molecular formula is C61H41NO2. The van der Waals surface area contributed by atoms with Crippen LogP contribution in [0.3, 0.4) is 0 Å². The van der Waals surface area contributed by atoms with Crippen LogP contribution in [-0.2, 0) is 5.41 Å². The summed E-state index contributed by atoms with van der Waals surface area (Å²) in [6.45, 7) is 0. The van der Waals surface area contributed by atoms with Gasteiger partial charge in [-0.15, -0.1) is 0 Å². The molecule has 1 unspecified atom stereocenters. The van der Waals surface area contributed by atoms with Gasteiger partial charge in [-0.1, -0.05) is 188 Å². The first-order valence-electron chi connectivity index (χ1n) is 22.2. The molecule has 0 N–H and O–H groups in total. The highest BCUT2D eigenvalue weighted by Crippen LogP contribution is 2.65. The Hall–Kier alpha value is -8.14. The fourth-order valence-electron chi connectivity index (χ4n) is 10.9. The SMILES string of the molecule is C1=CC(c2ccccc2-c2ccccc2)CC=C1N(c1ccc(-c2ccccc2)cc1)c1cccc2c1Oc1cc3c(cc1O2)-c1ccccc1C31c2ccccc2-c2ccccc21. The second-order valence-electron chi connectivity index (χ2n) is 17.1. The van der Waals surface area contributed by atoms with E-state index in [0.717, 1.165) is 29.1 Å². The maximum Gasteiger partial charge on any atom is 0.194 e. The molecule has 3 aliphatic carbocycles. The summed E-state index contributed by atoms with van der Waals surface area (Å²) in [5.41, 5.74) is 18.7. The number of allylic oxidation sites excluding steroid dienone is 3. The van der Waals surface area contributed by atoms with Gasteiger partial charge in [0.1, 0.15) is 0 Å². The molecule has 1 atom stereocenters. The fraction of sp³-hybridized carbons (Fsp3) is 0.0492. The summed E-state index contributed by atoms with van der Waals surface area (Å²) in [5, 5.41) is 0. The number of hydrogen-bond acceptors (Lipinski definition) is 3. The lowest BCUT2D eigenvalue weighted by atomic mass is 9.70. The lowest BCUT2D eigenvalue weighted by molar-refractivity contribution is 0.360. The minimum atomic E-state index is -0.489. The van der Waals surface area contributed by atoms with E-state index in [0.29, 0.717) is 23.0 Å². The predicted molar refractivity (Wildman–Crippen MR) is 260 cm³/mol. The monoisotopic (exact) mass is 819 g/mol. The Morgan fingerprint density at radius 3 is 1.64 bits per heavy atom. The molecule has 3 heteroatoms. The van der Waals surface area contributed by atoms with Crippen molar-refractivity contribution in [2.75, 3.05) is 4.90 Å². The highest BCUT2D eigenvalue weighted by atomic mass is 16.6. The lowest BCUT2D eigenvalue weighted by Crippen LogP contribution is -2.26. The van der Waals surface area contributed by atoms with Gasteiger partial charge in [-0.2, -0.15) is 0 Å². The van der Waals surface area contributed by atoms with E-state index in [4.69, 9.17) is 9.47 Å². The molecule has 0 bridgehead atoms. The highest BCUT2D eigenvalue weighted by molar-refractivity contribution is 5.96. The minimum Gasteiger partial charge on any atom is -0.449 e. The second-order valence-corrected chi connectivity index (χ2v) is 17.1. The van der Waals surface area contributed by atoms with Crippen LogP contribution in [0.1, 0.15) is 40.2 Å². The van der Waals surface area contributed by atoms with Crippen molar-refractivity contribution in [2.45, 2.75) is 17.8 Å². The molecule has 0 saturated carbocycles. The van der Waals surface area contributed by atoms with Gasteiger partial charge in [0.05, 0.1) is 11.1 Å². The van der Waals surface area contributed by atoms with Crippen molar-refractivity contribution in [1.82, 2.24) is 0 Å². The molecule has 0 amide bonds. The van der Waals surface area contributed by atoms with Crippen molar-refractivity contribution >= 4 is 11.4 Å². The van der Waals surface area contributed by atoms with Gasteiger partial charge < -0.3 is 14.4 Å². The largest absolute Gasteiger partial charge is 0.449 e. The van der Waals surface area contributed by atoms with Gasteiger partial charge in [0, 0.05) is 17.3 Å². The lowest BCUT2D eigenvalue weighted by Gasteiger charge is -2.33. The summed E-state index contributed by atoms with van der Waals surface area (Å²) >= 11 is 0. The third kappa shape index (κ3) is 5.47. The van der Waals surface area contributed by atoms with Crippen LogP contribution < -0.4 is 14.4 Å². The van der Waals surface area contributed by atoms with Crippen molar-refractivity contribution in [3.8, 4) is 67.5 Å². The Morgan fingerprint density at radius 2 is 0.984 bits per heavy atom. The summed E-state index contributed by atoms with van der Waals surface area (Å²) in [5.74, 6) is 3.01. The molecule has 0 saturated heterocycles. The molecule has 3 nitrogen and oxygen atoms in total. The third-order valence-electron chi connectivity index (χ3n) is 13.7. The number of anilines is 2. The Bertz CT molecular complexity index is 3320. The first-order chi connectivity index (χ1) is 31.7. The summed E-state index contributed by atoms with van der Waals surface area (Å²) in [6.07, 6.45) is 7.86. The van der Waals surface area contributed by atoms with Gasteiger partial charge in [-0.3, -0.25) is 0 Å². The predicted octanol–water partition coefficient (Wildman–Crippen LogP) is 16.0. The van der Waals surface area contributed by atoms with E-state index in [1.807, 2.05) is 6.07 Å². The molecule has 13 rings (SSSR count). The van der Waals surface area contributed by atoms with E-state index in [9.17, 15) is 0 Å². The minimum absolute atomic E-state index is 0.225. The zero-order valence-electron chi connectivity index (χ0n) is 35.0. The van der Waals surface area contributed by atoms with Crippen molar-refractivity contribution < 1.29 is 9.47 Å². The average molecular weight is 820 g/mol. The maximum atomic E-state index is 7.23. The van der Waals surface area contributed by atoms with Crippen LogP contribution in [0.15, 0.2) is 236 Å². The molecule has 1 spiro atoms. The molecule has 1 heterocycles. The van der Waals surface area contributed by atoms with Crippen LogP contribution in [-0.4, -0.2) is 0 Å². The summed E-state index contributed by atoms with van der Waals surface area (Å²) in [7, 11) is 0. The Balaban J connectivity index is 0.931. The van der Waals surface area contributed by atoms with Crippen LogP contribution in [0.2, 0.25) is 0 Å². The molecule has 4 aliphatic rings. The molecule has 0 radical (unpaired) electrons. The van der Waals surface area contributed by atoms with Crippen molar-refractivity contribution in [1.29, 1.82) is 0 Å². The zero-order chi connectivity index (χ0) is 42.2. The number of benzene rings is 9. The van der Waals surface area contributed by atoms with Crippen molar-refractivity contribution in [3.63, 3.8) is 0 Å². The molecule has 1 aliphatic heterocycles. The van der Waals surface area contributed by atoms with Gasteiger partial charge in [0.2, 0.25) is 0 Å². The first-order valence-corrected chi connectivity index (χ1v) is 22.2. The summed E-state index contributed by atoms with van der Waals surface area (Å²) in [6, 6.07) is 76.3. The Kier molecular flexibility index (Phi) is 8.26. The highest BCUT2D eigenvalue weighted by Gasteiger charge is 2.52. The van der Waals surface area contributed by atoms with E-state index in [1.165, 1.54) is 66.8 Å². The van der Waals surface area contributed by atoms with Gasteiger partial charge in [0.15, 0.2) is 23.0 Å². The zero-order valence-corrected chi connectivity index (χ0v) is 35.0. The van der Waals surface area contributed by atoms with E-state index < -0.39 is 5.41 Å². The number of fused-ring (bicyclic) bond motifs is 12. The molecule has 64 heavy (non-hydrogen) atoms.